The minimum absolute atomic E-state index is 0.0851. The van der Waals surface area contributed by atoms with E-state index in [0.29, 0.717) is 0 Å². The molecule has 1 atom stereocenters. The number of anilines is 1. The van der Waals surface area contributed by atoms with E-state index in [-0.39, 0.29) is 11.8 Å². The molecule has 0 saturated carbocycles. The molecule has 0 aliphatic rings. The maximum atomic E-state index is 12.8. The number of carbonyl (C=O) groups is 1. The van der Waals surface area contributed by atoms with Gasteiger partial charge in [-0.15, -0.1) is 11.3 Å². The van der Waals surface area contributed by atoms with Crippen molar-refractivity contribution in [2.24, 2.45) is 0 Å². The lowest BCUT2D eigenvalue weighted by atomic mass is 10.0. The fourth-order valence-corrected chi connectivity index (χ4v) is 2.96. The van der Waals surface area contributed by atoms with E-state index in [4.69, 9.17) is 0 Å². The third kappa shape index (κ3) is 3.20. The summed E-state index contributed by atoms with van der Waals surface area (Å²) in [5.41, 5.74) is 1.67. The van der Waals surface area contributed by atoms with Crippen LogP contribution in [-0.2, 0) is 0 Å². The second kappa shape index (κ2) is 6.37. The standard InChI is InChI=1S/C18H15NOS/c20-18(14-8-3-1-4-9-14)17(16-12-7-13-21-16)19-15-10-5-2-6-11-15/h1-13,17,19H. The Bertz CT molecular complexity index is 693. The quantitative estimate of drug-likeness (QED) is 0.686. The molecule has 0 saturated heterocycles. The van der Waals surface area contributed by atoms with Gasteiger partial charge in [-0.1, -0.05) is 54.6 Å². The molecular formula is C18H15NOS. The molecule has 21 heavy (non-hydrogen) atoms. The zero-order chi connectivity index (χ0) is 14.5. The first-order chi connectivity index (χ1) is 10.3. The first kappa shape index (κ1) is 13.6. The molecule has 0 radical (unpaired) electrons. The van der Waals surface area contributed by atoms with E-state index in [1.54, 1.807) is 11.3 Å². The second-order valence-electron chi connectivity index (χ2n) is 4.69. The summed E-state index contributed by atoms with van der Waals surface area (Å²) in [6.45, 7) is 0. The zero-order valence-corrected chi connectivity index (χ0v) is 12.2. The van der Waals surface area contributed by atoms with E-state index in [9.17, 15) is 4.79 Å². The Morgan fingerprint density at radius 2 is 1.52 bits per heavy atom. The molecule has 3 aromatic rings. The largest absolute Gasteiger partial charge is 0.371 e. The highest BCUT2D eigenvalue weighted by atomic mass is 32.1. The fourth-order valence-electron chi connectivity index (χ4n) is 2.19. The molecule has 3 heteroatoms. The average molecular weight is 293 g/mol. The number of benzene rings is 2. The zero-order valence-electron chi connectivity index (χ0n) is 11.4. The van der Waals surface area contributed by atoms with E-state index < -0.39 is 0 Å². The number of nitrogens with one attached hydrogen (secondary N) is 1. The number of hydrogen-bond acceptors (Lipinski definition) is 3. The monoisotopic (exact) mass is 293 g/mol. The Morgan fingerprint density at radius 1 is 0.857 bits per heavy atom. The van der Waals surface area contributed by atoms with Crippen LogP contribution >= 0.6 is 11.3 Å². The summed E-state index contributed by atoms with van der Waals surface area (Å²) in [5.74, 6) is 0.0851. The molecule has 2 nitrogen and oxygen atoms in total. The van der Waals surface area contributed by atoms with Crippen molar-refractivity contribution in [2.75, 3.05) is 5.32 Å². The molecule has 1 N–H and O–H groups in total. The third-order valence-corrected chi connectivity index (χ3v) is 4.17. The molecule has 0 amide bonds. The van der Waals surface area contributed by atoms with Crippen LogP contribution in [0.5, 0.6) is 0 Å². The summed E-state index contributed by atoms with van der Waals surface area (Å²) in [4.78, 5) is 13.8. The van der Waals surface area contributed by atoms with Gasteiger partial charge in [0.2, 0.25) is 0 Å². The van der Waals surface area contributed by atoms with Crippen molar-refractivity contribution in [3.63, 3.8) is 0 Å². The summed E-state index contributed by atoms with van der Waals surface area (Å²) in [6.07, 6.45) is 0. The summed E-state index contributed by atoms with van der Waals surface area (Å²) in [7, 11) is 0. The van der Waals surface area contributed by atoms with Gasteiger partial charge in [-0.25, -0.2) is 0 Å². The van der Waals surface area contributed by atoms with Gasteiger partial charge >= 0.3 is 0 Å². The van der Waals surface area contributed by atoms with E-state index in [2.05, 4.69) is 5.32 Å². The van der Waals surface area contributed by atoms with Gasteiger partial charge < -0.3 is 5.32 Å². The molecule has 1 unspecified atom stereocenters. The van der Waals surface area contributed by atoms with Crippen LogP contribution in [0, 0.1) is 0 Å². The van der Waals surface area contributed by atoms with Gasteiger partial charge in [0, 0.05) is 16.1 Å². The van der Waals surface area contributed by atoms with Crippen molar-refractivity contribution < 1.29 is 4.79 Å². The van der Waals surface area contributed by atoms with Crippen molar-refractivity contribution in [2.45, 2.75) is 6.04 Å². The molecule has 0 aliphatic carbocycles. The minimum Gasteiger partial charge on any atom is -0.371 e. The van der Waals surface area contributed by atoms with E-state index in [0.717, 1.165) is 16.1 Å². The molecule has 0 bridgehead atoms. The van der Waals surface area contributed by atoms with Gasteiger partial charge in [-0.3, -0.25) is 4.79 Å². The SMILES string of the molecule is O=C(c1ccccc1)C(Nc1ccccc1)c1cccs1. The predicted octanol–water partition coefficient (Wildman–Crippen LogP) is 4.78. The lowest BCUT2D eigenvalue weighted by Crippen LogP contribution is -2.20. The third-order valence-electron chi connectivity index (χ3n) is 3.23. The van der Waals surface area contributed by atoms with Crippen LogP contribution in [0.1, 0.15) is 21.3 Å². The van der Waals surface area contributed by atoms with Crippen LogP contribution in [0.25, 0.3) is 0 Å². The summed E-state index contributed by atoms with van der Waals surface area (Å²) < 4.78 is 0. The van der Waals surface area contributed by atoms with E-state index >= 15 is 0 Å². The Balaban J connectivity index is 1.92. The Kier molecular flexibility index (Phi) is 4.12. The number of para-hydroxylation sites is 1. The van der Waals surface area contributed by atoms with Gasteiger partial charge in [-0.2, -0.15) is 0 Å². The molecule has 1 heterocycles. The van der Waals surface area contributed by atoms with Crippen LogP contribution in [0.2, 0.25) is 0 Å². The minimum atomic E-state index is -0.352. The number of carbonyl (C=O) groups excluding carboxylic acids is 1. The molecule has 0 fully saturated rings. The topological polar surface area (TPSA) is 29.1 Å². The predicted molar refractivity (Wildman–Crippen MR) is 87.9 cm³/mol. The van der Waals surface area contributed by atoms with Crippen molar-refractivity contribution in [3.05, 3.63) is 88.6 Å². The van der Waals surface area contributed by atoms with Gasteiger partial charge in [0.15, 0.2) is 5.78 Å². The van der Waals surface area contributed by atoms with Gasteiger partial charge in [0.05, 0.1) is 0 Å². The van der Waals surface area contributed by atoms with Gasteiger partial charge in [0.25, 0.3) is 0 Å². The second-order valence-corrected chi connectivity index (χ2v) is 5.67. The van der Waals surface area contributed by atoms with Gasteiger partial charge in [-0.05, 0) is 23.6 Å². The molecule has 0 spiro atoms. The number of ketones is 1. The molecule has 2 aromatic carbocycles. The lowest BCUT2D eigenvalue weighted by molar-refractivity contribution is 0.0970. The highest BCUT2D eigenvalue weighted by Crippen LogP contribution is 2.27. The first-order valence-corrected chi connectivity index (χ1v) is 7.67. The molecule has 3 rings (SSSR count). The van der Waals surface area contributed by atoms with Crippen LogP contribution in [0.15, 0.2) is 78.2 Å². The fraction of sp³-hybridized carbons (Fsp3) is 0.0556. The first-order valence-electron chi connectivity index (χ1n) is 6.79. The summed E-state index contributed by atoms with van der Waals surface area (Å²) in [6, 6.07) is 22.8. The Hall–Kier alpha value is -2.39. The summed E-state index contributed by atoms with van der Waals surface area (Å²) in [5, 5.41) is 5.33. The van der Waals surface area contributed by atoms with Crippen LogP contribution in [-0.4, -0.2) is 5.78 Å². The van der Waals surface area contributed by atoms with Crippen LogP contribution in [0.3, 0.4) is 0 Å². The van der Waals surface area contributed by atoms with Crippen molar-refractivity contribution >= 4 is 22.8 Å². The van der Waals surface area contributed by atoms with Crippen molar-refractivity contribution in [1.82, 2.24) is 0 Å². The van der Waals surface area contributed by atoms with Crippen molar-refractivity contribution in [1.29, 1.82) is 0 Å². The smallest absolute Gasteiger partial charge is 0.190 e. The molecule has 0 aliphatic heterocycles. The molecular weight excluding hydrogens is 278 g/mol. The lowest BCUT2D eigenvalue weighted by Gasteiger charge is -2.17. The number of Topliss-reactive ketones (excluding diaryl/α,β-unsaturated/α-hetero) is 1. The van der Waals surface area contributed by atoms with Gasteiger partial charge in [0.1, 0.15) is 6.04 Å². The van der Waals surface area contributed by atoms with E-state index in [1.165, 1.54) is 0 Å². The number of rotatable bonds is 5. The Morgan fingerprint density at radius 3 is 2.14 bits per heavy atom. The maximum absolute atomic E-state index is 12.8. The molecule has 104 valence electrons. The van der Waals surface area contributed by atoms with Crippen molar-refractivity contribution in [3.8, 4) is 0 Å². The van der Waals surface area contributed by atoms with E-state index in [1.807, 2.05) is 78.2 Å². The average Bonchev–Trinajstić information content (AvgIpc) is 3.08. The number of hydrogen-bond donors (Lipinski definition) is 1. The highest BCUT2D eigenvalue weighted by Gasteiger charge is 2.22. The van der Waals surface area contributed by atoms with Crippen LogP contribution < -0.4 is 5.32 Å². The summed E-state index contributed by atoms with van der Waals surface area (Å²) >= 11 is 1.59. The Labute approximate surface area is 128 Å². The maximum Gasteiger partial charge on any atom is 0.190 e. The number of thiophene rings is 1. The van der Waals surface area contributed by atoms with Crippen LogP contribution in [0.4, 0.5) is 5.69 Å². The normalized spacial score (nSPS) is 11.8. The highest BCUT2D eigenvalue weighted by molar-refractivity contribution is 7.10. The molecule has 1 aromatic heterocycles.